The smallest absolute Gasteiger partial charge is 0.340 e. The first-order valence-electron chi connectivity index (χ1n) is 10.1. The third kappa shape index (κ3) is 4.57. The molecule has 2 aliphatic rings. The number of ether oxygens (including phenoxy) is 1. The van der Waals surface area contributed by atoms with Crippen LogP contribution in [0.15, 0.2) is 28.5 Å². The average molecular weight is 499 g/mol. The molecule has 0 radical (unpaired) electrons. The maximum atomic E-state index is 13.3. The molecule has 172 valence electrons. The molecule has 0 aliphatic carbocycles. The highest BCUT2D eigenvalue weighted by atomic mass is 32.2. The number of esters is 1. The number of thiophene rings is 1. The fraction of sp³-hybridized carbons (Fsp3) is 0.429. The maximum Gasteiger partial charge on any atom is 0.340 e. The second kappa shape index (κ2) is 9.50. The number of fused-ring (bicyclic) bond motifs is 1. The average Bonchev–Trinajstić information content (AvgIpc) is 3.20. The zero-order valence-electron chi connectivity index (χ0n) is 17.5. The van der Waals surface area contributed by atoms with Crippen molar-refractivity contribution in [1.29, 1.82) is 0 Å². The summed E-state index contributed by atoms with van der Waals surface area (Å²) in [6, 6.07) is 5.78. The Morgan fingerprint density at radius 2 is 1.81 bits per heavy atom. The van der Waals surface area contributed by atoms with E-state index in [1.165, 1.54) is 23.5 Å². The van der Waals surface area contributed by atoms with Crippen LogP contribution in [0.2, 0.25) is 0 Å². The van der Waals surface area contributed by atoms with Gasteiger partial charge < -0.3 is 9.64 Å². The quantitative estimate of drug-likeness (QED) is 0.589. The minimum absolute atomic E-state index is 0.00841. The molecule has 0 saturated carbocycles. The Bertz CT molecular complexity index is 1130. The molecule has 0 spiro atoms. The molecule has 7 nitrogen and oxygen atoms in total. The summed E-state index contributed by atoms with van der Waals surface area (Å²) < 4.78 is 46.1. The number of thioether (sulfide) groups is 1. The second-order valence-corrected chi connectivity index (χ2v) is 12.0. The van der Waals surface area contributed by atoms with E-state index in [-0.39, 0.29) is 34.5 Å². The normalized spacial score (nSPS) is 17.1. The van der Waals surface area contributed by atoms with Crippen molar-refractivity contribution < 1.29 is 27.1 Å². The van der Waals surface area contributed by atoms with Gasteiger partial charge in [-0.25, -0.2) is 17.6 Å². The van der Waals surface area contributed by atoms with Gasteiger partial charge in [0.2, 0.25) is 5.91 Å². The number of hydrogen-bond acceptors (Lipinski definition) is 7. The summed E-state index contributed by atoms with van der Waals surface area (Å²) in [7, 11) is -2.60. The van der Waals surface area contributed by atoms with Crippen LogP contribution in [-0.4, -0.2) is 67.7 Å². The van der Waals surface area contributed by atoms with Crippen LogP contribution < -0.4 is 0 Å². The van der Waals surface area contributed by atoms with Gasteiger partial charge in [-0.05, 0) is 29.7 Å². The summed E-state index contributed by atoms with van der Waals surface area (Å²) in [5, 5.41) is 0. The fourth-order valence-corrected chi connectivity index (χ4v) is 8.49. The summed E-state index contributed by atoms with van der Waals surface area (Å²) in [5.41, 5.74) is 1.46. The second-order valence-electron chi connectivity index (χ2n) is 7.54. The molecule has 1 fully saturated rings. The number of carbonyl (C=O) groups is 2. The van der Waals surface area contributed by atoms with Crippen LogP contribution in [0.3, 0.4) is 0 Å². The van der Waals surface area contributed by atoms with Crippen molar-refractivity contribution in [2.24, 2.45) is 0 Å². The third-order valence-corrected chi connectivity index (χ3v) is 10.1. The van der Waals surface area contributed by atoms with Crippen molar-refractivity contribution in [3.8, 4) is 0 Å². The molecule has 0 N–H and O–H groups in total. The van der Waals surface area contributed by atoms with E-state index in [1.807, 2.05) is 0 Å². The van der Waals surface area contributed by atoms with Gasteiger partial charge in [-0.2, -0.15) is 16.1 Å². The van der Waals surface area contributed by atoms with Crippen LogP contribution in [0.5, 0.6) is 0 Å². The zero-order valence-corrected chi connectivity index (χ0v) is 20.0. The summed E-state index contributed by atoms with van der Waals surface area (Å²) in [6.07, 6.45) is 0.498. The summed E-state index contributed by atoms with van der Waals surface area (Å²) in [6.45, 7) is 1.40. The fourth-order valence-electron chi connectivity index (χ4n) is 3.87. The molecule has 4 rings (SSSR count). The minimum Gasteiger partial charge on any atom is -0.465 e. The van der Waals surface area contributed by atoms with Crippen LogP contribution in [0.4, 0.5) is 4.39 Å². The van der Waals surface area contributed by atoms with Crippen LogP contribution in [0.25, 0.3) is 0 Å². The van der Waals surface area contributed by atoms with Gasteiger partial charge in [-0.15, -0.1) is 11.3 Å². The zero-order chi connectivity index (χ0) is 22.9. The van der Waals surface area contributed by atoms with E-state index in [0.717, 1.165) is 11.3 Å². The molecular weight excluding hydrogens is 475 g/mol. The van der Waals surface area contributed by atoms with Gasteiger partial charge in [0.25, 0.3) is 10.0 Å². The molecule has 11 heteroatoms. The van der Waals surface area contributed by atoms with Gasteiger partial charge >= 0.3 is 5.97 Å². The van der Waals surface area contributed by atoms with Gasteiger partial charge in [0.15, 0.2) is 0 Å². The molecule has 3 heterocycles. The number of sulfonamides is 1. The highest BCUT2D eigenvalue weighted by Gasteiger charge is 2.38. The number of benzene rings is 1. The van der Waals surface area contributed by atoms with Crippen LogP contribution in [0.1, 0.15) is 26.4 Å². The van der Waals surface area contributed by atoms with Crippen LogP contribution in [-0.2, 0) is 38.9 Å². The Hall–Kier alpha value is -1.95. The monoisotopic (exact) mass is 498 g/mol. The lowest BCUT2D eigenvalue weighted by Crippen LogP contribution is -2.38. The largest absolute Gasteiger partial charge is 0.465 e. The number of nitrogens with zero attached hydrogens (tertiary/aromatic N) is 2. The molecular formula is C21H23FN2O5S3. The lowest BCUT2D eigenvalue weighted by molar-refractivity contribution is -0.131. The topological polar surface area (TPSA) is 84.0 Å². The first-order chi connectivity index (χ1) is 15.3. The molecule has 0 unspecified atom stereocenters. The van der Waals surface area contributed by atoms with Crippen molar-refractivity contribution in [2.45, 2.75) is 23.6 Å². The van der Waals surface area contributed by atoms with Gasteiger partial charge in [-0.3, -0.25) is 4.79 Å². The van der Waals surface area contributed by atoms with Crippen molar-refractivity contribution in [2.75, 3.05) is 38.2 Å². The SMILES string of the molecule is COC(=O)c1c(S(=O)(=O)N2CCSCC2)sc2c1CCN(C(=O)Cc1ccc(F)cc1)C2. The Labute approximate surface area is 194 Å². The summed E-state index contributed by atoms with van der Waals surface area (Å²) in [4.78, 5) is 27.7. The molecule has 1 amide bonds. The van der Waals surface area contributed by atoms with Crippen LogP contribution in [0, 0.1) is 5.82 Å². The predicted molar refractivity (Wildman–Crippen MR) is 121 cm³/mol. The number of amides is 1. The molecule has 1 aromatic heterocycles. The van der Waals surface area contributed by atoms with Gasteiger partial charge in [0, 0.05) is 36.0 Å². The van der Waals surface area contributed by atoms with E-state index in [9.17, 15) is 22.4 Å². The lowest BCUT2D eigenvalue weighted by Gasteiger charge is -2.27. The van der Waals surface area contributed by atoms with E-state index in [2.05, 4.69) is 0 Å². The summed E-state index contributed by atoms with van der Waals surface area (Å²) in [5.74, 6) is 0.262. The van der Waals surface area contributed by atoms with E-state index in [4.69, 9.17) is 4.74 Å². The van der Waals surface area contributed by atoms with Crippen LogP contribution >= 0.6 is 23.1 Å². The molecule has 2 aromatic rings. The van der Waals surface area contributed by atoms with E-state index in [0.29, 0.717) is 53.6 Å². The lowest BCUT2D eigenvalue weighted by atomic mass is 10.0. The first kappa shape index (κ1) is 23.2. The minimum atomic E-state index is -3.83. The molecule has 1 saturated heterocycles. The number of rotatable bonds is 5. The van der Waals surface area contributed by atoms with E-state index < -0.39 is 16.0 Å². The third-order valence-electron chi connectivity index (χ3n) is 5.58. The number of carbonyl (C=O) groups excluding carboxylic acids is 2. The standard InChI is InChI=1S/C21H23FN2O5S3/c1-29-20(26)19-16-6-7-23(18(25)12-14-2-4-15(22)5-3-14)13-17(16)31-21(19)32(27,28)24-8-10-30-11-9-24/h2-5H,6-13H2,1H3. The van der Waals surface area contributed by atoms with E-state index in [1.54, 1.807) is 28.8 Å². The Balaban J connectivity index is 1.61. The Morgan fingerprint density at radius 3 is 2.47 bits per heavy atom. The molecule has 0 atom stereocenters. The number of methoxy groups -OCH3 is 1. The van der Waals surface area contributed by atoms with Crippen molar-refractivity contribution in [1.82, 2.24) is 9.21 Å². The Morgan fingerprint density at radius 1 is 1.12 bits per heavy atom. The highest BCUT2D eigenvalue weighted by molar-refractivity contribution is 7.99. The maximum absolute atomic E-state index is 13.3. The molecule has 0 bridgehead atoms. The first-order valence-corrected chi connectivity index (χ1v) is 13.6. The van der Waals surface area contributed by atoms with E-state index >= 15 is 0 Å². The highest BCUT2D eigenvalue weighted by Crippen LogP contribution is 2.38. The number of hydrogen-bond donors (Lipinski definition) is 0. The molecule has 1 aromatic carbocycles. The molecule has 2 aliphatic heterocycles. The summed E-state index contributed by atoms with van der Waals surface area (Å²) >= 11 is 2.75. The van der Waals surface area contributed by atoms with Gasteiger partial charge in [0.05, 0.1) is 25.6 Å². The van der Waals surface area contributed by atoms with Crippen molar-refractivity contribution in [3.05, 3.63) is 51.7 Å². The van der Waals surface area contributed by atoms with Crippen molar-refractivity contribution in [3.63, 3.8) is 0 Å². The molecule has 32 heavy (non-hydrogen) atoms. The van der Waals surface area contributed by atoms with Gasteiger partial charge in [-0.1, -0.05) is 12.1 Å². The van der Waals surface area contributed by atoms with Gasteiger partial charge in [0.1, 0.15) is 10.0 Å². The number of halogens is 1. The predicted octanol–water partition coefficient (Wildman–Crippen LogP) is 2.54. The van der Waals surface area contributed by atoms with Crippen molar-refractivity contribution >= 4 is 45.0 Å². The Kier molecular flexibility index (Phi) is 6.89.